The lowest BCUT2D eigenvalue weighted by Gasteiger charge is -2.07. The molecule has 2 N–H and O–H groups in total. The maximum absolute atomic E-state index is 12.0. The SMILES string of the molecule is N#Cc1cnn2c(O)c(CCOc3ccccc3)c(=O)[nH]c12. The summed E-state index contributed by atoms with van der Waals surface area (Å²) in [5, 5.41) is 23.0. The first-order valence-electron chi connectivity index (χ1n) is 6.60. The predicted octanol–water partition coefficient (Wildman–Crippen LogP) is 1.22. The molecule has 0 unspecified atom stereocenters. The van der Waals surface area contributed by atoms with E-state index in [1.807, 2.05) is 24.3 Å². The largest absolute Gasteiger partial charge is 0.493 e. The van der Waals surface area contributed by atoms with Gasteiger partial charge in [-0.3, -0.25) is 4.79 Å². The van der Waals surface area contributed by atoms with Crippen molar-refractivity contribution in [3.8, 4) is 17.7 Å². The monoisotopic (exact) mass is 296 g/mol. The van der Waals surface area contributed by atoms with E-state index < -0.39 is 5.56 Å². The number of aromatic nitrogens is 3. The second-order valence-corrected chi connectivity index (χ2v) is 4.60. The third-order valence-electron chi connectivity index (χ3n) is 3.23. The first kappa shape index (κ1) is 13.7. The molecular formula is C15H12N4O3. The van der Waals surface area contributed by atoms with Crippen molar-refractivity contribution >= 4 is 5.65 Å². The van der Waals surface area contributed by atoms with Crippen LogP contribution in [0.4, 0.5) is 0 Å². The van der Waals surface area contributed by atoms with Crippen LogP contribution in [0.5, 0.6) is 11.6 Å². The highest BCUT2D eigenvalue weighted by molar-refractivity contribution is 5.55. The van der Waals surface area contributed by atoms with Gasteiger partial charge in [-0.05, 0) is 12.1 Å². The molecule has 0 aliphatic rings. The van der Waals surface area contributed by atoms with E-state index in [0.29, 0.717) is 5.75 Å². The Morgan fingerprint density at radius 1 is 1.36 bits per heavy atom. The molecule has 22 heavy (non-hydrogen) atoms. The molecule has 0 saturated carbocycles. The molecule has 0 spiro atoms. The van der Waals surface area contributed by atoms with Crippen LogP contribution in [0, 0.1) is 11.3 Å². The van der Waals surface area contributed by atoms with Crippen molar-refractivity contribution in [2.24, 2.45) is 0 Å². The van der Waals surface area contributed by atoms with Crippen molar-refractivity contribution < 1.29 is 9.84 Å². The Bertz CT molecular complexity index is 906. The van der Waals surface area contributed by atoms with E-state index >= 15 is 0 Å². The Kier molecular flexibility index (Phi) is 3.50. The van der Waals surface area contributed by atoms with Crippen molar-refractivity contribution in [2.75, 3.05) is 6.61 Å². The Labute approximate surface area is 125 Å². The number of benzene rings is 1. The lowest BCUT2D eigenvalue weighted by molar-refractivity contribution is 0.317. The molecular weight excluding hydrogens is 284 g/mol. The van der Waals surface area contributed by atoms with Crippen LogP contribution >= 0.6 is 0 Å². The number of para-hydroxylation sites is 1. The number of ether oxygens (including phenoxy) is 1. The first-order chi connectivity index (χ1) is 10.7. The van der Waals surface area contributed by atoms with E-state index in [0.717, 1.165) is 4.52 Å². The number of nitrogens with one attached hydrogen (secondary N) is 1. The van der Waals surface area contributed by atoms with Gasteiger partial charge in [0.05, 0.1) is 18.4 Å². The summed E-state index contributed by atoms with van der Waals surface area (Å²) in [6, 6.07) is 11.1. The van der Waals surface area contributed by atoms with Crippen LogP contribution in [0.3, 0.4) is 0 Å². The zero-order valence-corrected chi connectivity index (χ0v) is 11.5. The molecule has 7 nitrogen and oxygen atoms in total. The molecule has 3 rings (SSSR count). The van der Waals surface area contributed by atoms with Crippen LogP contribution in [-0.4, -0.2) is 26.3 Å². The lowest BCUT2D eigenvalue weighted by Crippen LogP contribution is -2.18. The Hall–Kier alpha value is -3.27. The van der Waals surface area contributed by atoms with Gasteiger partial charge >= 0.3 is 0 Å². The van der Waals surface area contributed by atoms with Gasteiger partial charge in [0.2, 0.25) is 5.88 Å². The number of rotatable bonds is 4. The van der Waals surface area contributed by atoms with E-state index in [1.165, 1.54) is 6.20 Å². The van der Waals surface area contributed by atoms with Gasteiger partial charge in [-0.15, -0.1) is 0 Å². The maximum Gasteiger partial charge on any atom is 0.258 e. The van der Waals surface area contributed by atoms with Crippen LogP contribution in [0.2, 0.25) is 0 Å². The minimum Gasteiger partial charge on any atom is -0.493 e. The normalized spacial score (nSPS) is 10.5. The molecule has 0 atom stereocenters. The van der Waals surface area contributed by atoms with Crippen molar-refractivity contribution in [3.05, 3.63) is 58.0 Å². The van der Waals surface area contributed by atoms with E-state index in [-0.39, 0.29) is 35.7 Å². The van der Waals surface area contributed by atoms with Crippen molar-refractivity contribution in [1.82, 2.24) is 14.6 Å². The summed E-state index contributed by atoms with van der Waals surface area (Å²) in [6.07, 6.45) is 1.50. The number of nitriles is 1. The van der Waals surface area contributed by atoms with Crippen LogP contribution in [0.1, 0.15) is 11.1 Å². The zero-order valence-electron chi connectivity index (χ0n) is 11.5. The summed E-state index contributed by atoms with van der Waals surface area (Å²) in [6.45, 7) is 0.235. The fraction of sp³-hybridized carbons (Fsp3) is 0.133. The number of aromatic amines is 1. The minimum absolute atomic E-state index is 0.163. The standard InChI is InChI=1S/C15H12N4O3/c16-8-10-9-17-19-13(10)18-14(20)12(15(19)21)6-7-22-11-4-2-1-3-5-11/h1-5,9,21H,6-7H2,(H,18,20). The van der Waals surface area contributed by atoms with E-state index in [4.69, 9.17) is 10.00 Å². The molecule has 110 valence electrons. The van der Waals surface area contributed by atoms with Crippen molar-refractivity contribution in [2.45, 2.75) is 6.42 Å². The summed E-state index contributed by atoms with van der Waals surface area (Å²) >= 11 is 0. The Balaban J connectivity index is 1.85. The lowest BCUT2D eigenvalue weighted by atomic mass is 10.2. The molecule has 0 aliphatic heterocycles. The highest BCUT2D eigenvalue weighted by atomic mass is 16.5. The molecule has 0 fully saturated rings. The van der Waals surface area contributed by atoms with Crippen molar-refractivity contribution in [3.63, 3.8) is 0 Å². The number of hydrogen-bond acceptors (Lipinski definition) is 5. The van der Waals surface area contributed by atoms with Gasteiger partial charge in [-0.1, -0.05) is 18.2 Å². The zero-order chi connectivity index (χ0) is 15.5. The highest BCUT2D eigenvalue weighted by Crippen LogP contribution is 2.17. The third-order valence-corrected chi connectivity index (χ3v) is 3.23. The predicted molar refractivity (Wildman–Crippen MR) is 77.8 cm³/mol. The van der Waals surface area contributed by atoms with E-state index in [1.54, 1.807) is 12.1 Å². The number of fused-ring (bicyclic) bond motifs is 1. The molecule has 1 aromatic carbocycles. The molecule has 0 aliphatic carbocycles. The maximum atomic E-state index is 12.0. The number of H-pyrrole nitrogens is 1. The van der Waals surface area contributed by atoms with Crippen molar-refractivity contribution in [1.29, 1.82) is 5.26 Å². The smallest absolute Gasteiger partial charge is 0.258 e. The summed E-state index contributed by atoms with van der Waals surface area (Å²) in [5.74, 6) is 0.405. The van der Waals surface area contributed by atoms with E-state index in [2.05, 4.69) is 10.1 Å². The molecule has 0 saturated heterocycles. The van der Waals surface area contributed by atoms with Crippen LogP contribution in [0.15, 0.2) is 41.3 Å². The quantitative estimate of drug-likeness (QED) is 0.753. The fourth-order valence-corrected chi connectivity index (χ4v) is 2.14. The first-order valence-corrected chi connectivity index (χ1v) is 6.60. The van der Waals surface area contributed by atoms with Gasteiger partial charge in [0.25, 0.3) is 5.56 Å². The summed E-state index contributed by atoms with van der Waals surface area (Å²) in [4.78, 5) is 14.6. The number of aromatic hydroxyl groups is 1. The Morgan fingerprint density at radius 3 is 2.86 bits per heavy atom. The summed E-state index contributed by atoms with van der Waals surface area (Å²) in [5.41, 5.74) is 0.0758. The molecule has 0 amide bonds. The molecule has 2 aromatic heterocycles. The fourth-order valence-electron chi connectivity index (χ4n) is 2.14. The second kappa shape index (κ2) is 5.61. The van der Waals surface area contributed by atoms with Gasteiger partial charge in [0.15, 0.2) is 5.65 Å². The van der Waals surface area contributed by atoms with Gasteiger partial charge in [-0.2, -0.15) is 14.9 Å². The van der Waals surface area contributed by atoms with Crippen LogP contribution in [-0.2, 0) is 6.42 Å². The molecule has 0 radical (unpaired) electrons. The topological polar surface area (TPSA) is 103 Å². The molecule has 3 aromatic rings. The average Bonchev–Trinajstić information content (AvgIpc) is 2.94. The van der Waals surface area contributed by atoms with Gasteiger partial charge in [-0.25, -0.2) is 0 Å². The molecule has 2 heterocycles. The van der Waals surface area contributed by atoms with Gasteiger partial charge < -0.3 is 14.8 Å². The summed E-state index contributed by atoms with van der Waals surface area (Å²) < 4.78 is 6.65. The minimum atomic E-state index is -0.460. The summed E-state index contributed by atoms with van der Waals surface area (Å²) in [7, 11) is 0. The highest BCUT2D eigenvalue weighted by Gasteiger charge is 2.15. The van der Waals surface area contributed by atoms with E-state index in [9.17, 15) is 9.90 Å². The van der Waals surface area contributed by atoms with Crippen LogP contribution in [0.25, 0.3) is 5.65 Å². The number of nitrogens with zero attached hydrogens (tertiary/aromatic N) is 3. The third kappa shape index (κ3) is 2.38. The molecule has 7 heteroatoms. The Morgan fingerprint density at radius 2 is 2.14 bits per heavy atom. The van der Waals surface area contributed by atoms with Gasteiger partial charge in [0.1, 0.15) is 17.4 Å². The van der Waals surface area contributed by atoms with Gasteiger partial charge in [0, 0.05) is 6.42 Å². The van der Waals surface area contributed by atoms with Crippen LogP contribution < -0.4 is 10.3 Å². The molecule has 0 bridgehead atoms. The second-order valence-electron chi connectivity index (χ2n) is 4.60. The average molecular weight is 296 g/mol. The number of hydrogen-bond donors (Lipinski definition) is 2.